The third-order valence-corrected chi connectivity index (χ3v) is 4.06. The van der Waals surface area contributed by atoms with E-state index in [0.29, 0.717) is 23.7 Å². The lowest BCUT2D eigenvalue weighted by atomic mass is 10.1. The molecular formula is C17H19FN4O3. The van der Waals surface area contributed by atoms with Gasteiger partial charge in [0.1, 0.15) is 5.75 Å². The number of aromatic nitrogens is 2. The average Bonchev–Trinajstić information content (AvgIpc) is 3.28. The molecule has 1 aromatic carbocycles. The van der Waals surface area contributed by atoms with Crippen molar-refractivity contribution in [2.24, 2.45) is 0 Å². The molecule has 2 heterocycles. The Balaban J connectivity index is 1.73. The van der Waals surface area contributed by atoms with Crippen LogP contribution in [0.2, 0.25) is 0 Å². The van der Waals surface area contributed by atoms with Crippen molar-refractivity contribution >= 4 is 6.03 Å². The number of benzene rings is 1. The number of ether oxygens (including phenoxy) is 1. The van der Waals surface area contributed by atoms with E-state index in [1.165, 1.54) is 4.90 Å². The Hall–Kier alpha value is -2.90. The zero-order chi connectivity index (χ0) is 17.9. The molecule has 0 aliphatic carbocycles. The number of amides is 2. The molecule has 0 radical (unpaired) electrons. The minimum Gasteiger partial charge on any atom is -0.497 e. The van der Waals surface area contributed by atoms with Gasteiger partial charge in [0.2, 0.25) is 11.5 Å². The molecule has 1 saturated heterocycles. The van der Waals surface area contributed by atoms with Crippen LogP contribution in [0.1, 0.15) is 12.3 Å². The van der Waals surface area contributed by atoms with Crippen LogP contribution in [0, 0.1) is 0 Å². The van der Waals surface area contributed by atoms with Crippen molar-refractivity contribution in [3.8, 4) is 17.1 Å². The van der Waals surface area contributed by atoms with Gasteiger partial charge in [-0.25, -0.2) is 9.18 Å². The molecule has 3 rings (SSSR count). The third kappa shape index (κ3) is 3.47. The van der Waals surface area contributed by atoms with Crippen molar-refractivity contribution in [2.45, 2.75) is 12.1 Å². The Bertz CT molecular complexity index is 762. The summed E-state index contributed by atoms with van der Waals surface area (Å²) in [7, 11) is 1.57. The van der Waals surface area contributed by atoms with E-state index >= 15 is 4.39 Å². The van der Waals surface area contributed by atoms with E-state index in [9.17, 15) is 4.79 Å². The summed E-state index contributed by atoms with van der Waals surface area (Å²) >= 11 is 0. The number of hydrogen-bond donors (Lipinski definition) is 1. The smallest absolute Gasteiger partial charge is 0.317 e. The molecule has 0 spiro atoms. The van der Waals surface area contributed by atoms with E-state index in [0.717, 1.165) is 0 Å². The van der Waals surface area contributed by atoms with Crippen molar-refractivity contribution in [1.82, 2.24) is 20.4 Å². The first-order valence-electron chi connectivity index (χ1n) is 7.87. The molecule has 1 N–H and O–H groups in total. The molecule has 1 atom stereocenters. The summed E-state index contributed by atoms with van der Waals surface area (Å²) in [5.41, 5.74) is -1.15. The minimum atomic E-state index is -1.84. The Kier molecular flexibility index (Phi) is 4.69. The maximum Gasteiger partial charge on any atom is 0.317 e. The van der Waals surface area contributed by atoms with Gasteiger partial charge in [0, 0.05) is 25.1 Å². The first kappa shape index (κ1) is 16.9. The maximum absolute atomic E-state index is 15.2. The van der Waals surface area contributed by atoms with Gasteiger partial charge < -0.3 is 19.5 Å². The summed E-state index contributed by atoms with van der Waals surface area (Å²) in [5.74, 6) is 0.882. The Morgan fingerprint density at radius 2 is 2.28 bits per heavy atom. The SMILES string of the molecule is C=CCNC(=O)N1CCC(F)(c2nc(-c3ccc(OC)cc3)no2)C1. The summed E-state index contributed by atoms with van der Waals surface area (Å²) in [4.78, 5) is 17.5. The number of alkyl halides is 1. The number of nitrogens with zero attached hydrogens (tertiary/aromatic N) is 3. The highest BCUT2D eigenvalue weighted by molar-refractivity contribution is 5.74. The highest BCUT2D eigenvalue weighted by atomic mass is 19.1. The fourth-order valence-corrected chi connectivity index (χ4v) is 2.65. The molecule has 0 bridgehead atoms. The van der Waals surface area contributed by atoms with Gasteiger partial charge in [0.15, 0.2) is 0 Å². The van der Waals surface area contributed by atoms with Gasteiger partial charge >= 0.3 is 6.03 Å². The van der Waals surface area contributed by atoms with E-state index in [-0.39, 0.29) is 31.4 Å². The van der Waals surface area contributed by atoms with E-state index in [1.807, 2.05) is 0 Å². The Labute approximate surface area is 144 Å². The lowest BCUT2D eigenvalue weighted by Gasteiger charge is -2.18. The molecule has 0 saturated carbocycles. The third-order valence-electron chi connectivity index (χ3n) is 4.06. The molecule has 1 aromatic heterocycles. The van der Waals surface area contributed by atoms with Crippen LogP contribution in [0.5, 0.6) is 5.75 Å². The molecule has 132 valence electrons. The van der Waals surface area contributed by atoms with Crippen LogP contribution in [0.3, 0.4) is 0 Å². The van der Waals surface area contributed by atoms with Gasteiger partial charge in [-0.05, 0) is 24.3 Å². The predicted octanol–water partition coefficient (Wildman–Crippen LogP) is 2.51. The highest BCUT2D eigenvalue weighted by Gasteiger charge is 2.46. The maximum atomic E-state index is 15.2. The number of carbonyl (C=O) groups is 1. The second-order valence-corrected chi connectivity index (χ2v) is 5.76. The average molecular weight is 346 g/mol. The largest absolute Gasteiger partial charge is 0.497 e. The Morgan fingerprint density at radius 3 is 2.96 bits per heavy atom. The fourth-order valence-electron chi connectivity index (χ4n) is 2.65. The first-order valence-corrected chi connectivity index (χ1v) is 7.87. The van der Waals surface area contributed by atoms with Crippen LogP contribution in [-0.4, -0.2) is 47.8 Å². The van der Waals surface area contributed by atoms with Crippen LogP contribution in [0.4, 0.5) is 9.18 Å². The van der Waals surface area contributed by atoms with Crippen LogP contribution >= 0.6 is 0 Å². The zero-order valence-electron chi connectivity index (χ0n) is 13.9. The molecule has 1 unspecified atom stereocenters. The number of rotatable bonds is 5. The van der Waals surface area contributed by atoms with E-state index < -0.39 is 5.67 Å². The molecule has 8 heteroatoms. The summed E-state index contributed by atoms with van der Waals surface area (Å²) in [6.45, 7) is 4.01. The number of likely N-dealkylation sites (tertiary alicyclic amines) is 1. The number of hydrogen-bond acceptors (Lipinski definition) is 5. The van der Waals surface area contributed by atoms with Crippen molar-refractivity contribution in [1.29, 1.82) is 0 Å². The quantitative estimate of drug-likeness (QED) is 0.842. The highest BCUT2D eigenvalue weighted by Crippen LogP contribution is 2.36. The van der Waals surface area contributed by atoms with Crippen LogP contribution in [-0.2, 0) is 5.67 Å². The van der Waals surface area contributed by atoms with Gasteiger partial charge in [-0.1, -0.05) is 11.2 Å². The van der Waals surface area contributed by atoms with Crippen LogP contribution < -0.4 is 10.1 Å². The summed E-state index contributed by atoms with van der Waals surface area (Å²) < 4.78 is 25.4. The molecule has 1 aliphatic rings. The molecule has 25 heavy (non-hydrogen) atoms. The van der Waals surface area contributed by atoms with Gasteiger partial charge in [0.05, 0.1) is 13.7 Å². The second kappa shape index (κ2) is 6.92. The van der Waals surface area contributed by atoms with Gasteiger partial charge in [0.25, 0.3) is 5.89 Å². The van der Waals surface area contributed by atoms with E-state index in [4.69, 9.17) is 9.26 Å². The number of methoxy groups -OCH3 is 1. The Morgan fingerprint density at radius 1 is 1.52 bits per heavy atom. The second-order valence-electron chi connectivity index (χ2n) is 5.76. The zero-order valence-corrected chi connectivity index (χ0v) is 13.9. The lowest BCUT2D eigenvalue weighted by molar-refractivity contribution is 0.119. The van der Waals surface area contributed by atoms with Gasteiger partial charge in [-0.15, -0.1) is 6.58 Å². The summed E-state index contributed by atoms with van der Waals surface area (Å²) in [6, 6.07) is 6.72. The van der Waals surface area contributed by atoms with E-state index in [2.05, 4.69) is 22.0 Å². The normalized spacial score (nSPS) is 19.7. The summed E-state index contributed by atoms with van der Waals surface area (Å²) in [5, 5.41) is 6.48. The molecule has 1 fully saturated rings. The fraction of sp³-hybridized carbons (Fsp3) is 0.353. The number of urea groups is 1. The van der Waals surface area contributed by atoms with Crippen molar-refractivity contribution in [3.63, 3.8) is 0 Å². The van der Waals surface area contributed by atoms with E-state index in [1.54, 1.807) is 37.5 Å². The van der Waals surface area contributed by atoms with Crippen molar-refractivity contribution < 1.29 is 18.4 Å². The molecule has 7 nitrogen and oxygen atoms in total. The molecule has 2 aromatic rings. The van der Waals surface area contributed by atoms with Crippen LogP contribution in [0.15, 0.2) is 41.4 Å². The number of halogens is 1. The molecular weight excluding hydrogens is 327 g/mol. The molecule has 2 amide bonds. The van der Waals surface area contributed by atoms with Gasteiger partial charge in [-0.2, -0.15) is 4.98 Å². The van der Waals surface area contributed by atoms with Crippen LogP contribution in [0.25, 0.3) is 11.4 Å². The summed E-state index contributed by atoms with van der Waals surface area (Å²) in [6.07, 6.45) is 1.68. The van der Waals surface area contributed by atoms with Crippen molar-refractivity contribution in [3.05, 3.63) is 42.8 Å². The minimum absolute atomic E-state index is 0.110. The number of carbonyl (C=O) groups excluding carboxylic acids is 1. The van der Waals surface area contributed by atoms with Gasteiger partial charge in [-0.3, -0.25) is 0 Å². The topological polar surface area (TPSA) is 80.5 Å². The van der Waals surface area contributed by atoms with Crippen molar-refractivity contribution in [2.75, 3.05) is 26.7 Å². The first-order chi connectivity index (χ1) is 12.1. The number of nitrogens with one attached hydrogen (secondary N) is 1. The predicted molar refractivity (Wildman–Crippen MR) is 88.9 cm³/mol. The monoisotopic (exact) mass is 346 g/mol. The standard InChI is InChI=1S/C17H19FN4O3/c1-3-9-19-16(23)22-10-8-17(18,11-22)15-20-14(21-25-15)12-4-6-13(24-2)7-5-12/h3-7H,1,8-11H2,2H3,(H,19,23). The molecule has 1 aliphatic heterocycles. The lowest BCUT2D eigenvalue weighted by Crippen LogP contribution is -2.40.